The third kappa shape index (κ3) is 4.32. The van der Waals surface area contributed by atoms with E-state index in [1.165, 1.54) is 23.3 Å². The van der Waals surface area contributed by atoms with Gasteiger partial charge in [-0.1, -0.05) is 13.8 Å². The number of carbonyl (C=O) groups is 1. The monoisotopic (exact) mass is 294 g/mol. The third-order valence-corrected chi connectivity index (χ3v) is 5.28. The number of nitrogens with one attached hydrogen (secondary N) is 2. The van der Waals surface area contributed by atoms with Crippen LogP contribution in [0.25, 0.3) is 0 Å². The van der Waals surface area contributed by atoms with Crippen LogP contribution in [0.3, 0.4) is 0 Å². The van der Waals surface area contributed by atoms with Gasteiger partial charge in [0.1, 0.15) is 0 Å². The van der Waals surface area contributed by atoms with E-state index in [2.05, 4.69) is 35.9 Å². The third-order valence-electron chi connectivity index (χ3n) is 4.31. The van der Waals surface area contributed by atoms with Crippen molar-refractivity contribution in [2.24, 2.45) is 11.8 Å². The van der Waals surface area contributed by atoms with E-state index in [4.69, 9.17) is 0 Å². The van der Waals surface area contributed by atoms with Crippen molar-refractivity contribution in [3.63, 3.8) is 0 Å². The average molecular weight is 294 g/mol. The number of thiophene rings is 1. The first-order valence-electron chi connectivity index (χ1n) is 7.73. The van der Waals surface area contributed by atoms with Crippen molar-refractivity contribution in [2.75, 3.05) is 13.1 Å². The zero-order chi connectivity index (χ0) is 14.4. The van der Waals surface area contributed by atoms with Gasteiger partial charge in [0.05, 0.1) is 6.54 Å². The van der Waals surface area contributed by atoms with E-state index in [0.717, 1.165) is 19.5 Å². The first-order chi connectivity index (χ1) is 9.70. The van der Waals surface area contributed by atoms with E-state index < -0.39 is 0 Å². The molecule has 112 valence electrons. The molecule has 0 spiro atoms. The van der Waals surface area contributed by atoms with Crippen LogP contribution in [0.2, 0.25) is 0 Å². The second-order valence-corrected chi connectivity index (χ2v) is 6.79. The van der Waals surface area contributed by atoms with Gasteiger partial charge in [0.2, 0.25) is 5.91 Å². The minimum absolute atomic E-state index is 0.193. The molecule has 1 fully saturated rings. The standard InChI is InChI=1S/C16H26N2OS/c1-3-13-6-8-20-15(13)11-18-16(19)9-12(2)14-5-4-7-17-10-14/h6,8,12,14,17H,3-5,7,9-11H2,1-2H3,(H,18,19). The molecular weight excluding hydrogens is 268 g/mol. The molecule has 1 aliphatic heterocycles. The summed E-state index contributed by atoms with van der Waals surface area (Å²) in [5.74, 6) is 1.32. The minimum atomic E-state index is 0.193. The molecular formula is C16H26N2OS. The van der Waals surface area contributed by atoms with Crippen molar-refractivity contribution < 1.29 is 4.79 Å². The number of aryl methyl sites for hydroxylation is 1. The smallest absolute Gasteiger partial charge is 0.220 e. The van der Waals surface area contributed by atoms with Crippen LogP contribution in [0.4, 0.5) is 0 Å². The molecule has 3 nitrogen and oxygen atoms in total. The Balaban J connectivity index is 1.74. The molecule has 0 aliphatic carbocycles. The molecule has 0 radical (unpaired) electrons. The van der Waals surface area contributed by atoms with E-state index in [0.29, 0.717) is 24.8 Å². The first kappa shape index (κ1) is 15.5. The average Bonchev–Trinajstić information content (AvgIpc) is 2.93. The minimum Gasteiger partial charge on any atom is -0.351 e. The largest absolute Gasteiger partial charge is 0.351 e. The highest BCUT2D eigenvalue weighted by molar-refractivity contribution is 7.10. The van der Waals surface area contributed by atoms with Gasteiger partial charge in [-0.25, -0.2) is 0 Å². The zero-order valence-electron chi connectivity index (χ0n) is 12.6. The molecule has 0 aromatic carbocycles. The maximum atomic E-state index is 12.1. The van der Waals surface area contributed by atoms with Gasteiger partial charge in [-0.2, -0.15) is 0 Å². The summed E-state index contributed by atoms with van der Waals surface area (Å²) >= 11 is 1.74. The van der Waals surface area contributed by atoms with Gasteiger partial charge >= 0.3 is 0 Å². The van der Waals surface area contributed by atoms with Gasteiger partial charge in [-0.15, -0.1) is 11.3 Å². The second kappa shape index (κ2) is 7.79. The Bertz CT molecular complexity index is 424. The van der Waals surface area contributed by atoms with E-state index >= 15 is 0 Å². The lowest BCUT2D eigenvalue weighted by atomic mass is 9.85. The lowest BCUT2D eigenvalue weighted by Crippen LogP contribution is -2.35. The van der Waals surface area contributed by atoms with Crippen LogP contribution in [-0.2, 0) is 17.8 Å². The fourth-order valence-electron chi connectivity index (χ4n) is 2.91. The number of hydrogen-bond acceptors (Lipinski definition) is 3. The molecule has 2 unspecified atom stereocenters. The van der Waals surface area contributed by atoms with Crippen molar-refractivity contribution in [2.45, 2.75) is 46.1 Å². The van der Waals surface area contributed by atoms with Crippen molar-refractivity contribution in [1.29, 1.82) is 0 Å². The molecule has 4 heteroatoms. The van der Waals surface area contributed by atoms with Gasteiger partial charge in [0, 0.05) is 11.3 Å². The Morgan fingerprint density at radius 3 is 3.15 bits per heavy atom. The maximum absolute atomic E-state index is 12.1. The summed E-state index contributed by atoms with van der Waals surface area (Å²) in [6.45, 7) is 7.26. The lowest BCUT2D eigenvalue weighted by Gasteiger charge is -2.28. The van der Waals surface area contributed by atoms with Crippen molar-refractivity contribution in [3.05, 3.63) is 21.9 Å². The van der Waals surface area contributed by atoms with Crippen LogP contribution < -0.4 is 10.6 Å². The molecule has 1 saturated heterocycles. The van der Waals surface area contributed by atoms with Crippen LogP contribution >= 0.6 is 11.3 Å². The zero-order valence-corrected chi connectivity index (χ0v) is 13.4. The van der Waals surface area contributed by atoms with Crippen molar-refractivity contribution >= 4 is 17.2 Å². The molecule has 1 aromatic rings. The highest BCUT2D eigenvalue weighted by Crippen LogP contribution is 2.22. The van der Waals surface area contributed by atoms with Gasteiger partial charge < -0.3 is 10.6 Å². The SMILES string of the molecule is CCc1ccsc1CNC(=O)CC(C)C1CCCNC1. The summed E-state index contributed by atoms with van der Waals surface area (Å²) < 4.78 is 0. The summed E-state index contributed by atoms with van der Waals surface area (Å²) in [6, 6.07) is 2.16. The number of piperidine rings is 1. The molecule has 2 N–H and O–H groups in total. The number of rotatable bonds is 6. The quantitative estimate of drug-likeness (QED) is 0.847. The highest BCUT2D eigenvalue weighted by Gasteiger charge is 2.21. The molecule has 0 bridgehead atoms. The maximum Gasteiger partial charge on any atom is 0.220 e. The Labute approximate surface area is 126 Å². The Morgan fingerprint density at radius 2 is 2.45 bits per heavy atom. The molecule has 1 amide bonds. The fraction of sp³-hybridized carbons (Fsp3) is 0.688. The van der Waals surface area contributed by atoms with E-state index in [1.807, 2.05) is 0 Å². The summed E-state index contributed by atoms with van der Waals surface area (Å²) in [7, 11) is 0. The summed E-state index contributed by atoms with van der Waals surface area (Å²) in [5.41, 5.74) is 1.36. The van der Waals surface area contributed by atoms with Gasteiger partial charge in [0.25, 0.3) is 0 Å². The number of carbonyl (C=O) groups excluding carboxylic acids is 1. The summed E-state index contributed by atoms with van der Waals surface area (Å²) in [4.78, 5) is 13.4. The first-order valence-corrected chi connectivity index (χ1v) is 8.61. The Kier molecular flexibility index (Phi) is 6.05. The Hall–Kier alpha value is -0.870. The van der Waals surface area contributed by atoms with E-state index in [9.17, 15) is 4.79 Å². The van der Waals surface area contributed by atoms with Crippen LogP contribution in [-0.4, -0.2) is 19.0 Å². The molecule has 0 saturated carbocycles. The van der Waals surface area contributed by atoms with Crippen LogP contribution in [0.15, 0.2) is 11.4 Å². The molecule has 2 heterocycles. The predicted octanol–water partition coefficient (Wildman–Crippen LogP) is 2.95. The number of amides is 1. The Morgan fingerprint density at radius 1 is 1.60 bits per heavy atom. The van der Waals surface area contributed by atoms with Gasteiger partial charge in [-0.3, -0.25) is 4.79 Å². The molecule has 2 atom stereocenters. The van der Waals surface area contributed by atoms with E-state index in [-0.39, 0.29) is 5.91 Å². The summed E-state index contributed by atoms with van der Waals surface area (Å²) in [6.07, 6.45) is 4.19. The highest BCUT2D eigenvalue weighted by atomic mass is 32.1. The second-order valence-electron chi connectivity index (χ2n) is 5.79. The van der Waals surface area contributed by atoms with Crippen molar-refractivity contribution in [3.8, 4) is 0 Å². The van der Waals surface area contributed by atoms with Crippen molar-refractivity contribution in [1.82, 2.24) is 10.6 Å². The molecule has 1 aliphatic rings. The van der Waals surface area contributed by atoms with Crippen LogP contribution in [0.5, 0.6) is 0 Å². The predicted molar refractivity (Wildman–Crippen MR) is 84.9 cm³/mol. The van der Waals surface area contributed by atoms with Gasteiger partial charge in [-0.05, 0) is 61.2 Å². The van der Waals surface area contributed by atoms with E-state index in [1.54, 1.807) is 11.3 Å². The summed E-state index contributed by atoms with van der Waals surface area (Å²) in [5, 5.41) is 8.62. The van der Waals surface area contributed by atoms with Crippen LogP contribution in [0.1, 0.15) is 43.6 Å². The lowest BCUT2D eigenvalue weighted by molar-refractivity contribution is -0.122. The topological polar surface area (TPSA) is 41.1 Å². The fourth-order valence-corrected chi connectivity index (χ4v) is 3.83. The van der Waals surface area contributed by atoms with Crippen LogP contribution in [0, 0.1) is 11.8 Å². The molecule has 2 rings (SSSR count). The number of hydrogen-bond donors (Lipinski definition) is 2. The normalized spacial score (nSPS) is 20.6. The van der Waals surface area contributed by atoms with Gasteiger partial charge in [0.15, 0.2) is 0 Å². The molecule has 20 heavy (non-hydrogen) atoms. The molecule has 1 aromatic heterocycles.